The molecule has 1 atom stereocenters. The molecule has 1 aromatic rings. The normalized spacial score (nSPS) is 17.6. The molecule has 0 saturated carbocycles. The quantitative estimate of drug-likeness (QED) is 0.812. The summed E-state index contributed by atoms with van der Waals surface area (Å²) >= 11 is 0. The van der Waals surface area contributed by atoms with E-state index in [-0.39, 0.29) is 11.9 Å². The number of hydrogen-bond acceptors (Lipinski definition) is 4. The fourth-order valence-corrected chi connectivity index (χ4v) is 2.38. The van der Waals surface area contributed by atoms with Crippen molar-refractivity contribution in [2.45, 2.75) is 19.5 Å². The molecule has 1 saturated heterocycles. The van der Waals surface area contributed by atoms with E-state index in [1.54, 1.807) is 0 Å². The number of rotatable bonds is 6. The van der Waals surface area contributed by atoms with E-state index in [0.717, 1.165) is 32.8 Å². The van der Waals surface area contributed by atoms with Crippen molar-refractivity contribution in [2.24, 2.45) is 5.73 Å². The number of nitrogens with zero attached hydrogens (tertiary/aromatic N) is 1. The Kier molecular flexibility index (Phi) is 5.67. The van der Waals surface area contributed by atoms with Crippen molar-refractivity contribution in [1.29, 1.82) is 0 Å². The number of benzene rings is 1. The number of nitrogens with two attached hydrogens (primary N) is 1. The Bertz CT molecular complexity index is 490. The molecule has 5 nitrogen and oxygen atoms in total. The molecule has 1 aliphatic heterocycles. The minimum Gasteiger partial charge on any atom is -0.379 e. The zero-order chi connectivity index (χ0) is 15.2. The Morgan fingerprint density at radius 2 is 2.19 bits per heavy atom. The molecule has 21 heavy (non-hydrogen) atoms. The minimum absolute atomic E-state index is 0.222. The Hall–Kier alpha value is -1.50. The van der Waals surface area contributed by atoms with Gasteiger partial charge in [0, 0.05) is 43.3 Å². The van der Waals surface area contributed by atoms with Crippen LogP contribution in [0.3, 0.4) is 0 Å². The minimum atomic E-state index is -0.544. The zero-order valence-corrected chi connectivity index (χ0v) is 12.3. The van der Waals surface area contributed by atoms with Crippen molar-refractivity contribution >= 4 is 5.91 Å². The maximum absolute atomic E-state index is 13.7. The van der Waals surface area contributed by atoms with E-state index in [1.807, 2.05) is 0 Å². The number of morpholine rings is 1. The predicted molar refractivity (Wildman–Crippen MR) is 78.5 cm³/mol. The molecule has 6 heteroatoms. The topological polar surface area (TPSA) is 67.6 Å². The Labute approximate surface area is 124 Å². The van der Waals surface area contributed by atoms with E-state index in [9.17, 15) is 9.18 Å². The summed E-state index contributed by atoms with van der Waals surface area (Å²) in [5.41, 5.74) is 6.00. The molecule has 1 aliphatic rings. The van der Waals surface area contributed by atoms with E-state index in [0.29, 0.717) is 17.7 Å². The van der Waals surface area contributed by atoms with Crippen LogP contribution in [0.5, 0.6) is 0 Å². The van der Waals surface area contributed by atoms with Crippen molar-refractivity contribution in [3.05, 3.63) is 35.1 Å². The first-order chi connectivity index (χ1) is 10.1. The van der Waals surface area contributed by atoms with Crippen LogP contribution in [-0.2, 0) is 11.3 Å². The van der Waals surface area contributed by atoms with Gasteiger partial charge in [-0.05, 0) is 25.1 Å². The molecule has 0 aromatic heterocycles. The molecule has 3 N–H and O–H groups in total. The van der Waals surface area contributed by atoms with Crippen LogP contribution < -0.4 is 11.1 Å². The zero-order valence-electron chi connectivity index (χ0n) is 12.3. The highest BCUT2D eigenvalue weighted by Gasteiger charge is 2.14. The lowest BCUT2D eigenvalue weighted by atomic mass is 10.1. The summed E-state index contributed by atoms with van der Waals surface area (Å²) in [6.07, 6.45) is 0. The maximum atomic E-state index is 13.7. The van der Waals surface area contributed by atoms with Gasteiger partial charge in [-0.2, -0.15) is 0 Å². The second-order valence-corrected chi connectivity index (χ2v) is 5.37. The highest BCUT2D eigenvalue weighted by atomic mass is 19.1. The smallest absolute Gasteiger partial charge is 0.248 e. The number of nitrogens with one attached hydrogen (secondary N) is 1. The van der Waals surface area contributed by atoms with Crippen molar-refractivity contribution in [1.82, 2.24) is 10.2 Å². The fraction of sp³-hybridized carbons (Fsp3) is 0.533. The second-order valence-electron chi connectivity index (χ2n) is 5.37. The summed E-state index contributed by atoms with van der Waals surface area (Å²) in [7, 11) is 0. The Morgan fingerprint density at radius 3 is 2.86 bits per heavy atom. The third-order valence-electron chi connectivity index (χ3n) is 3.61. The summed E-state index contributed by atoms with van der Waals surface area (Å²) < 4.78 is 19.0. The van der Waals surface area contributed by atoms with Crippen LogP contribution in [-0.4, -0.2) is 49.7 Å². The van der Waals surface area contributed by atoms with Crippen LogP contribution in [0.4, 0.5) is 4.39 Å². The monoisotopic (exact) mass is 295 g/mol. The standard InChI is InChI=1S/C15H22FN3O2/c1-11(10-19-4-6-21-7-5-19)18-9-13-8-12(15(17)20)2-3-14(13)16/h2-3,8,11,18H,4-7,9-10H2,1H3,(H2,17,20). The highest BCUT2D eigenvalue weighted by Crippen LogP contribution is 2.10. The van der Waals surface area contributed by atoms with E-state index in [4.69, 9.17) is 10.5 Å². The van der Waals surface area contributed by atoms with Crippen LogP contribution >= 0.6 is 0 Å². The highest BCUT2D eigenvalue weighted by molar-refractivity contribution is 5.92. The number of amides is 1. The molecule has 116 valence electrons. The van der Waals surface area contributed by atoms with Gasteiger partial charge in [0.1, 0.15) is 5.82 Å². The predicted octanol–water partition coefficient (Wildman–Crippen LogP) is 0.735. The van der Waals surface area contributed by atoms with E-state index in [1.165, 1.54) is 18.2 Å². The van der Waals surface area contributed by atoms with Gasteiger partial charge < -0.3 is 15.8 Å². The van der Waals surface area contributed by atoms with Crippen molar-refractivity contribution < 1.29 is 13.9 Å². The van der Waals surface area contributed by atoms with Crippen molar-refractivity contribution in [3.8, 4) is 0 Å². The lowest BCUT2D eigenvalue weighted by Gasteiger charge is -2.29. The lowest BCUT2D eigenvalue weighted by Crippen LogP contribution is -2.44. The number of ether oxygens (including phenoxy) is 1. The molecule has 1 aromatic carbocycles. The van der Waals surface area contributed by atoms with Crippen molar-refractivity contribution in [2.75, 3.05) is 32.8 Å². The first-order valence-corrected chi connectivity index (χ1v) is 7.18. The van der Waals surface area contributed by atoms with Gasteiger partial charge in [-0.25, -0.2) is 4.39 Å². The van der Waals surface area contributed by atoms with Crippen molar-refractivity contribution in [3.63, 3.8) is 0 Å². The van der Waals surface area contributed by atoms with Gasteiger partial charge in [-0.1, -0.05) is 0 Å². The summed E-state index contributed by atoms with van der Waals surface area (Å²) in [5.74, 6) is -0.872. The number of primary amides is 1. The Balaban J connectivity index is 1.86. The molecule has 1 fully saturated rings. The molecule has 0 aliphatic carbocycles. The molecular formula is C15H22FN3O2. The molecule has 1 heterocycles. The molecule has 0 radical (unpaired) electrons. The molecular weight excluding hydrogens is 273 g/mol. The van der Waals surface area contributed by atoms with E-state index in [2.05, 4.69) is 17.1 Å². The van der Waals surface area contributed by atoms with E-state index < -0.39 is 5.91 Å². The SMILES string of the molecule is CC(CN1CCOCC1)NCc1cc(C(N)=O)ccc1F. The summed E-state index contributed by atoms with van der Waals surface area (Å²) in [4.78, 5) is 13.4. The van der Waals surface area contributed by atoms with Gasteiger partial charge >= 0.3 is 0 Å². The molecule has 1 unspecified atom stereocenters. The van der Waals surface area contributed by atoms with Crippen LogP contribution in [0.15, 0.2) is 18.2 Å². The van der Waals surface area contributed by atoms with Gasteiger partial charge in [0.15, 0.2) is 0 Å². The van der Waals surface area contributed by atoms with Crippen LogP contribution in [0.25, 0.3) is 0 Å². The van der Waals surface area contributed by atoms with Crippen LogP contribution in [0.2, 0.25) is 0 Å². The number of carbonyl (C=O) groups is 1. The van der Waals surface area contributed by atoms with Gasteiger partial charge in [0.05, 0.1) is 13.2 Å². The average molecular weight is 295 g/mol. The first-order valence-electron chi connectivity index (χ1n) is 7.18. The molecule has 2 rings (SSSR count). The van der Waals surface area contributed by atoms with Gasteiger partial charge in [0.2, 0.25) is 5.91 Å². The molecule has 1 amide bonds. The van der Waals surface area contributed by atoms with Gasteiger partial charge in [0.25, 0.3) is 0 Å². The summed E-state index contributed by atoms with van der Waals surface area (Å²) in [5, 5.41) is 3.28. The molecule has 0 bridgehead atoms. The average Bonchev–Trinajstić information content (AvgIpc) is 2.47. The van der Waals surface area contributed by atoms with Crippen LogP contribution in [0.1, 0.15) is 22.8 Å². The number of hydrogen-bond donors (Lipinski definition) is 2. The first kappa shape index (κ1) is 15.9. The van der Waals surface area contributed by atoms with E-state index >= 15 is 0 Å². The van der Waals surface area contributed by atoms with Gasteiger partial charge in [-0.3, -0.25) is 9.69 Å². The van der Waals surface area contributed by atoms with Gasteiger partial charge in [-0.15, -0.1) is 0 Å². The largest absolute Gasteiger partial charge is 0.379 e. The lowest BCUT2D eigenvalue weighted by molar-refractivity contribution is 0.0343. The summed E-state index contributed by atoms with van der Waals surface area (Å²) in [6.45, 7) is 6.71. The fourth-order valence-electron chi connectivity index (χ4n) is 2.38. The maximum Gasteiger partial charge on any atom is 0.248 e. The Morgan fingerprint density at radius 1 is 1.48 bits per heavy atom. The number of carbonyl (C=O) groups excluding carboxylic acids is 1. The molecule has 0 spiro atoms. The number of halogens is 1. The third-order valence-corrected chi connectivity index (χ3v) is 3.61. The summed E-state index contributed by atoms with van der Waals surface area (Å²) in [6, 6.07) is 4.41. The third kappa shape index (κ3) is 4.77. The second kappa shape index (κ2) is 7.49. The van der Waals surface area contributed by atoms with Crippen LogP contribution in [0, 0.1) is 5.82 Å².